The van der Waals surface area contributed by atoms with Crippen LogP contribution in [0.5, 0.6) is 5.75 Å². The minimum Gasteiger partial charge on any atom is -0.508 e. The lowest BCUT2D eigenvalue weighted by molar-refractivity contribution is -0.143. The molecule has 4 nitrogen and oxygen atoms in total. The van der Waals surface area contributed by atoms with Gasteiger partial charge in [-0.1, -0.05) is 6.07 Å². The van der Waals surface area contributed by atoms with E-state index in [-0.39, 0.29) is 5.75 Å². The maximum Gasteiger partial charge on any atom is 0.328 e. The normalized spacial score (nSPS) is 14.8. The van der Waals surface area contributed by atoms with Gasteiger partial charge in [-0.15, -0.1) is 0 Å². The minimum absolute atomic E-state index is 0.134. The minimum atomic E-state index is -1.42. The number of phenols is 1. The van der Waals surface area contributed by atoms with Crippen LogP contribution in [-0.2, 0) is 10.3 Å². The number of carboxylic acids is 1. The Morgan fingerprint density at radius 2 is 2.07 bits per heavy atom. The number of carbonyl (C=O) groups is 1. The molecule has 76 valence electrons. The maximum atomic E-state index is 10.8. The summed E-state index contributed by atoms with van der Waals surface area (Å²) >= 11 is 0. The van der Waals surface area contributed by atoms with E-state index >= 15 is 0 Å². The molecule has 4 heteroatoms. The second-order valence-electron chi connectivity index (χ2n) is 3.51. The molecule has 0 aliphatic carbocycles. The van der Waals surface area contributed by atoms with Crippen LogP contribution in [0, 0.1) is 6.92 Å². The van der Waals surface area contributed by atoms with Crippen molar-refractivity contribution in [1.82, 2.24) is 0 Å². The Morgan fingerprint density at radius 1 is 1.50 bits per heavy atom. The Morgan fingerprint density at radius 3 is 2.50 bits per heavy atom. The molecule has 0 aromatic heterocycles. The maximum absolute atomic E-state index is 10.8. The van der Waals surface area contributed by atoms with Gasteiger partial charge in [-0.05, 0) is 37.1 Å². The zero-order valence-electron chi connectivity index (χ0n) is 8.11. The van der Waals surface area contributed by atoms with E-state index in [2.05, 4.69) is 0 Å². The van der Waals surface area contributed by atoms with Gasteiger partial charge in [0.25, 0.3) is 0 Å². The molecular formula is C10H13NO3. The van der Waals surface area contributed by atoms with Crippen molar-refractivity contribution in [2.75, 3.05) is 0 Å². The van der Waals surface area contributed by atoms with E-state index in [0.717, 1.165) is 0 Å². The predicted molar refractivity (Wildman–Crippen MR) is 52.0 cm³/mol. The van der Waals surface area contributed by atoms with Gasteiger partial charge < -0.3 is 15.9 Å². The third-order valence-corrected chi connectivity index (χ3v) is 2.24. The largest absolute Gasteiger partial charge is 0.508 e. The first-order chi connectivity index (χ1) is 6.35. The van der Waals surface area contributed by atoms with Gasteiger partial charge in [0.1, 0.15) is 11.3 Å². The molecule has 4 N–H and O–H groups in total. The van der Waals surface area contributed by atoms with Crippen molar-refractivity contribution in [2.24, 2.45) is 5.73 Å². The lowest BCUT2D eigenvalue weighted by Gasteiger charge is -2.20. The Kier molecular flexibility index (Phi) is 2.49. The van der Waals surface area contributed by atoms with Crippen molar-refractivity contribution >= 4 is 5.97 Å². The van der Waals surface area contributed by atoms with Crippen LogP contribution in [0.1, 0.15) is 18.1 Å². The number of phenolic OH excluding ortho intramolecular Hbond substituents is 1. The molecule has 0 radical (unpaired) electrons. The molecule has 0 heterocycles. The first-order valence-corrected chi connectivity index (χ1v) is 4.18. The molecule has 0 unspecified atom stereocenters. The average Bonchev–Trinajstić information content (AvgIpc) is 2.09. The summed E-state index contributed by atoms with van der Waals surface area (Å²) in [5.74, 6) is -0.961. The average molecular weight is 195 g/mol. The molecule has 14 heavy (non-hydrogen) atoms. The quantitative estimate of drug-likeness (QED) is 0.656. The zero-order chi connectivity index (χ0) is 10.9. The number of benzene rings is 1. The summed E-state index contributed by atoms with van der Waals surface area (Å²) in [5.41, 5.74) is 5.28. The third kappa shape index (κ3) is 1.70. The highest BCUT2D eigenvalue weighted by Gasteiger charge is 2.30. The van der Waals surface area contributed by atoms with Crippen LogP contribution < -0.4 is 5.73 Å². The van der Waals surface area contributed by atoms with Crippen LogP contribution in [0.15, 0.2) is 18.2 Å². The SMILES string of the molecule is Cc1cc([C@](C)(N)C(=O)O)ccc1O. The van der Waals surface area contributed by atoms with E-state index in [1.54, 1.807) is 13.0 Å². The molecular weight excluding hydrogens is 182 g/mol. The van der Waals surface area contributed by atoms with Gasteiger partial charge in [0.05, 0.1) is 0 Å². The molecule has 0 aliphatic heterocycles. The smallest absolute Gasteiger partial charge is 0.328 e. The molecule has 1 aromatic carbocycles. The standard InChI is InChI=1S/C10H13NO3/c1-6-5-7(3-4-8(6)12)10(2,11)9(13)14/h3-5,12H,11H2,1-2H3,(H,13,14)/t10-/m0/s1. The number of hydrogen-bond donors (Lipinski definition) is 3. The van der Waals surface area contributed by atoms with E-state index in [1.165, 1.54) is 19.1 Å². The highest BCUT2D eigenvalue weighted by atomic mass is 16.4. The molecule has 0 fully saturated rings. The Hall–Kier alpha value is -1.55. The number of aromatic hydroxyl groups is 1. The Balaban J connectivity index is 3.21. The highest BCUT2D eigenvalue weighted by Crippen LogP contribution is 2.24. The summed E-state index contributed by atoms with van der Waals surface area (Å²) in [6.45, 7) is 3.11. The molecule has 0 saturated heterocycles. The van der Waals surface area contributed by atoms with Gasteiger partial charge in [-0.3, -0.25) is 0 Å². The lowest BCUT2D eigenvalue weighted by Crippen LogP contribution is -2.41. The fourth-order valence-electron chi connectivity index (χ4n) is 1.10. The summed E-state index contributed by atoms with van der Waals surface area (Å²) < 4.78 is 0. The van der Waals surface area contributed by atoms with Gasteiger partial charge in [-0.2, -0.15) is 0 Å². The van der Waals surface area contributed by atoms with E-state index < -0.39 is 11.5 Å². The van der Waals surface area contributed by atoms with Gasteiger partial charge >= 0.3 is 5.97 Å². The summed E-state index contributed by atoms with van der Waals surface area (Å²) in [6.07, 6.45) is 0. The van der Waals surface area contributed by atoms with E-state index in [0.29, 0.717) is 11.1 Å². The zero-order valence-corrected chi connectivity index (χ0v) is 8.11. The van der Waals surface area contributed by atoms with Crippen LogP contribution in [0.4, 0.5) is 0 Å². The number of aliphatic carboxylic acids is 1. The molecule has 0 bridgehead atoms. The Bertz CT molecular complexity index is 372. The van der Waals surface area contributed by atoms with Crippen LogP contribution in [0.25, 0.3) is 0 Å². The number of hydrogen-bond acceptors (Lipinski definition) is 3. The summed E-state index contributed by atoms with van der Waals surface area (Å²) in [7, 11) is 0. The first-order valence-electron chi connectivity index (χ1n) is 4.18. The fraction of sp³-hybridized carbons (Fsp3) is 0.300. The van der Waals surface area contributed by atoms with Crippen molar-refractivity contribution in [3.63, 3.8) is 0 Å². The van der Waals surface area contributed by atoms with Gasteiger partial charge in [-0.25, -0.2) is 4.79 Å². The van der Waals surface area contributed by atoms with Crippen LogP contribution in [0.2, 0.25) is 0 Å². The highest BCUT2D eigenvalue weighted by molar-refractivity contribution is 5.80. The molecule has 1 atom stereocenters. The van der Waals surface area contributed by atoms with Gasteiger partial charge in [0, 0.05) is 0 Å². The van der Waals surface area contributed by atoms with Crippen LogP contribution >= 0.6 is 0 Å². The number of rotatable bonds is 2. The molecule has 1 aromatic rings. The van der Waals surface area contributed by atoms with Gasteiger partial charge in [0.15, 0.2) is 0 Å². The van der Waals surface area contributed by atoms with Crippen LogP contribution in [-0.4, -0.2) is 16.2 Å². The van der Waals surface area contributed by atoms with Crippen molar-refractivity contribution in [1.29, 1.82) is 0 Å². The number of carboxylic acid groups (broad SMARTS) is 1. The van der Waals surface area contributed by atoms with Crippen molar-refractivity contribution in [2.45, 2.75) is 19.4 Å². The molecule has 0 aliphatic rings. The molecule has 1 rings (SSSR count). The van der Waals surface area contributed by atoms with Crippen LogP contribution in [0.3, 0.4) is 0 Å². The molecule has 0 amide bonds. The molecule has 0 spiro atoms. The topological polar surface area (TPSA) is 83.6 Å². The Labute approximate surface area is 82.0 Å². The monoisotopic (exact) mass is 195 g/mol. The van der Waals surface area contributed by atoms with E-state index in [9.17, 15) is 9.90 Å². The summed E-state index contributed by atoms with van der Waals surface area (Å²) in [4.78, 5) is 10.8. The predicted octanol–water partition coefficient (Wildman–Crippen LogP) is 0.959. The van der Waals surface area contributed by atoms with E-state index in [1.807, 2.05) is 0 Å². The fourth-order valence-corrected chi connectivity index (χ4v) is 1.10. The van der Waals surface area contributed by atoms with Gasteiger partial charge in [0.2, 0.25) is 0 Å². The second kappa shape index (κ2) is 3.31. The second-order valence-corrected chi connectivity index (χ2v) is 3.51. The number of aryl methyl sites for hydroxylation is 1. The third-order valence-electron chi connectivity index (χ3n) is 2.24. The molecule has 0 saturated carbocycles. The summed E-state index contributed by atoms with van der Waals surface area (Å²) in [5, 5.41) is 18.1. The van der Waals surface area contributed by atoms with Crippen molar-refractivity contribution in [3.05, 3.63) is 29.3 Å². The lowest BCUT2D eigenvalue weighted by atomic mass is 9.92. The van der Waals surface area contributed by atoms with Crippen molar-refractivity contribution in [3.8, 4) is 5.75 Å². The van der Waals surface area contributed by atoms with E-state index in [4.69, 9.17) is 10.8 Å². The first kappa shape index (κ1) is 10.5. The number of nitrogens with two attached hydrogens (primary N) is 1. The summed E-state index contributed by atoms with van der Waals surface area (Å²) in [6, 6.07) is 4.53. The van der Waals surface area contributed by atoms with Crippen molar-refractivity contribution < 1.29 is 15.0 Å².